The first-order chi connectivity index (χ1) is 14.0. The van der Waals surface area contributed by atoms with Crippen LogP contribution in [-0.4, -0.2) is 0 Å². The van der Waals surface area contributed by atoms with Crippen molar-refractivity contribution in [3.05, 3.63) is 69.0 Å². The lowest BCUT2D eigenvalue weighted by molar-refractivity contribution is 0.893. The SMILES string of the molecule is CC#CCC(C)=CCCC(C)=CCCC(C)=CCCC(C)=CCCc1ccsc1. The molecule has 1 aromatic rings. The molecule has 0 amide bonds. The number of hydrogen-bond donors (Lipinski definition) is 0. The Labute approximate surface area is 184 Å². The van der Waals surface area contributed by atoms with Gasteiger partial charge in [0.25, 0.3) is 0 Å². The van der Waals surface area contributed by atoms with Gasteiger partial charge in [-0.25, -0.2) is 0 Å². The fourth-order valence-corrected chi connectivity index (χ4v) is 3.87. The first kappa shape index (κ1) is 25.3. The summed E-state index contributed by atoms with van der Waals surface area (Å²) in [7, 11) is 0. The molecule has 0 saturated heterocycles. The van der Waals surface area contributed by atoms with Crippen molar-refractivity contribution in [2.45, 2.75) is 92.4 Å². The standard InChI is InChI=1S/C28H40S/c1-6-7-12-24(2)13-8-14-25(3)15-9-16-26(4)17-10-18-27(5)19-11-20-28-21-22-29-23-28/h13,15,17,19,21-23H,8-12,14,16,18,20H2,1-5H3. The summed E-state index contributed by atoms with van der Waals surface area (Å²) in [5.41, 5.74) is 7.41. The summed E-state index contributed by atoms with van der Waals surface area (Å²) in [6, 6.07) is 2.23. The van der Waals surface area contributed by atoms with E-state index in [1.165, 1.54) is 53.5 Å². The zero-order valence-corrected chi connectivity index (χ0v) is 20.1. The zero-order chi connectivity index (χ0) is 21.3. The van der Waals surface area contributed by atoms with Crippen molar-refractivity contribution in [1.82, 2.24) is 0 Å². The fourth-order valence-electron chi connectivity index (χ4n) is 3.17. The average Bonchev–Trinajstić information content (AvgIpc) is 3.20. The molecule has 0 saturated carbocycles. The Balaban J connectivity index is 2.20. The van der Waals surface area contributed by atoms with Crippen LogP contribution in [0.3, 0.4) is 0 Å². The van der Waals surface area contributed by atoms with Gasteiger partial charge < -0.3 is 0 Å². The summed E-state index contributed by atoms with van der Waals surface area (Å²) >= 11 is 1.79. The molecule has 0 unspecified atom stereocenters. The number of rotatable bonds is 13. The molecule has 1 heterocycles. The Morgan fingerprint density at radius 3 is 1.79 bits per heavy atom. The second-order valence-electron chi connectivity index (χ2n) is 8.09. The van der Waals surface area contributed by atoms with Gasteiger partial charge in [-0.2, -0.15) is 11.3 Å². The molecule has 158 valence electrons. The van der Waals surface area contributed by atoms with Gasteiger partial charge in [-0.3, -0.25) is 0 Å². The topological polar surface area (TPSA) is 0 Å². The van der Waals surface area contributed by atoms with Crippen LogP contribution in [0.2, 0.25) is 0 Å². The normalized spacial score (nSPS) is 13.4. The van der Waals surface area contributed by atoms with E-state index in [1.54, 1.807) is 11.3 Å². The van der Waals surface area contributed by atoms with Crippen LogP contribution in [0.5, 0.6) is 0 Å². The van der Waals surface area contributed by atoms with E-state index in [9.17, 15) is 0 Å². The van der Waals surface area contributed by atoms with Crippen LogP contribution < -0.4 is 0 Å². The molecular formula is C28H40S. The van der Waals surface area contributed by atoms with E-state index in [0.29, 0.717) is 0 Å². The average molecular weight is 409 g/mol. The minimum atomic E-state index is 0.909. The highest BCUT2D eigenvalue weighted by molar-refractivity contribution is 7.07. The molecule has 0 aliphatic carbocycles. The van der Waals surface area contributed by atoms with E-state index in [2.05, 4.69) is 80.7 Å². The number of allylic oxidation sites excluding steroid dienone is 8. The number of aryl methyl sites for hydroxylation is 1. The van der Waals surface area contributed by atoms with Crippen molar-refractivity contribution in [2.24, 2.45) is 0 Å². The van der Waals surface area contributed by atoms with Gasteiger partial charge in [-0.15, -0.1) is 5.92 Å². The van der Waals surface area contributed by atoms with Crippen LogP contribution in [0.25, 0.3) is 0 Å². The van der Waals surface area contributed by atoms with Crippen LogP contribution in [-0.2, 0) is 6.42 Å². The van der Waals surface area contributed by atoms with Gasteiger partial charge in [0.2, 0.25) is 0 Å². The summed E-state index contributed by atoms with van der Waals surface area (Å²) in [4.78, 5) is 0. The largest absolute Gasteiger partial charge is 0.152 e. The molecule has 0 aliphatic rings. The van der Waals surface area contributed by atoms with E-state index in [0.717, 1.165) is 32.1 Å². The smallest absolute Gasteiger partial charge is 0.0296 e. The van der Waals surface area contributed by atoms with Gasteiger partial charge in [0.05, 0.1) is 0 Å². The Kier molecular flexibility index (Phi) is 14.0. The molecule has 0 aromatic carbocycles. The number of thiophene rings is 1. The van der Waals surface area contributed by atoms with Crippen LogP contribution in [0.1, 0.15) is 91.5 Å². The molecule has 0 aliphatic heterocycles. The third-order valence-electron chi connectivity index (χ3n) is 5.14. The highest BCUT2D eigenvalue weighted by atomic mass is 32.1. The van der Waals surface area contributed by atoms with Crippen LogP contribution in [0, 0.1) is 11.8 Å². The third-order valence-corrected chi connectivity index (χ3v) is 5.88. The molecule has 1 aromatic heterocycles. The van der Waals surface area contributed by atoms with Crippen molar-refractivity contribution >= 4 is 11.3 Å². The van der Waals surface area contributed by atoms with Crippen LogP contribution >= 0.6 is 11.3 Å². The first-order valence-electron chi connectivity index (χ1n) is 11.0. The first-order valence-corrected chi connectivity index (χ1v) is 12.0. The van der Waals surface area contributed by atoms with Gasteiger partial charge in [-0.05, 0) is 108 Å². The molecule has 0 N–H and O–H groups in total. The molecule has 1 rings (SSSR count). The fraction of sp³-hybridized carbons (Fsp3) is 0.500. The summed E-state index contributed by atoms with van der Waals surface area (Å²) < 4.78 is 0. The predicted molar refractivity (Wildman–Crippen MR) is 133 cm³/mol. The maximum absolute atomic E-state index is 3.13. The van der Waals surface area contributed by atoms with Crippen LogP contribution in [0.4, 0.5) is 0 Å². The zero-order valence-electron chi connectivity index (χ0n) is 19.3. The van der Waals surface area contributed by atoms with Gasteiger partial charge in [-0.1, -0.05) is 52.5 Å². The van der Waals surface area contributed by atoms with Gasteiger partial charge >= 0.3 is 0 Å². The molecule has 0 atom stereocenters. The van der Waals surface area contributed by atoms with Crippen molar-refractivity contribution in [1.29, 1.82) is 0 Å². The predicted octanol–water partition coefficient (Wildman–Crippen LogP) is 9.22. The van der Waals surface area contributed by atoms with E-state index in [1.807, 2.05) is 6.92 Å². The quantitative estimate of drug-likeness (QED) is 0.225. The van der Waals surface area contributed by atoms with E-state index >= 15 is 0 Å². The molecule has 0 fully saturated rings. The van der Waals surface area contributed by atoms with E-state index < -0.39 is 0 Å². The van der Waals surface area contributed by atoms with Gasteiger partial charge in [0, 0.05) is 6.42 Å². The highest BCUT2D eigenvalue weighted by Crippen LogP contribution is 2.15. The van der Waals surface area contributed by atoms with Crippen LogP contribution in [0.15, 0.2) is 63.4 Å². The molecule has 1 heteroatoms. The summed E-state index contributed by atoms with van der Waals surface area (Å²) in [5.74, 6) is 6.09. The van der Waals surface area contributed by atoms with Crippen molar-refractivity contribution in [3.8, 4) is 11.8 Å². The molecule has 0 spiro atoms. The lowest BCUT2D eigenvalue weighted by Crippen LogP contribution is -1.83. The molecule has 0 nitrogen and oxygen atoms in total. The molecular weight excluding hydrogens is 368 g/mol. The van der Waals surface area contributed by atoms with E-state index in [-0.39, 0.29) is 0 Å². The maximum atomic E-state index is 3.13. The van der Waals surface area contributed by atoms with Crippen molar-refractivity contribution < 1.29 is 0 Å². The second-order valence-corrected chi connectivity index (χ2v) is 8.87. The second kappa shape index (κ2) is 16.1. The Morgan fingerprint density at radius 2 is 1.31 bits per heavy atom. The monoisotopic (exact) mass is 408 g/mol. The molecule has 0 radical (unpaired) electrons. The van der Waals surface area contributed by atoms with E-state index in [4.69, 9.17) is 0 Å². The lowest BCUT2D eigenvalue weighted by Gasteiger charge is -2.03. The van der Waals surface area contributed by atoms with Crippen molar-refractivity contribution in [2.75, 3.05) is 0 Å². The Hall–Kier alpha value is -1.78. The van der Waals surface area contributed by atoms with Gasteiger partial charge in [0.1, 0.15) is 0 Å². The third kappa shape index (κ3) is 13.9. The minimum absolute atomic E-state index is 0.909. The summed E-state index contributed by atoms with van der Waals surface area (Å²) in [6.45, 7) is 10.9. The minimum Gasteiger partial charge on any atom is -0.152 e. The lowest BCUT2D eigenvalue weighted by atomic mass is 10.0. The Bertz CT molecular complexity index is 742. The van der Waals surface area contributed by atoms with Gasteiger partial charge in [0.15, 0.2) is 0 Å². The highest BCUT2D eigenvalue weighted by Gasteiger charge is 1.95. The molecule has 0 bridgehead atoms. The molecule has 29 heavy (non-hydrogen) atoms. The maximum Gasteiger partial charge on any atom is 0.0296 e. The summed E-state index contributed by atoms with van der Waals surface area (Å²) in [6.07, 6.45) is 19.8. The Morgan fingerprint density at radius 1 is 0.793 bits per heavy atom. The summed E-state index contributed by atoms with van der Waals surface area (Å²) in [5, 5.41) is 4.42. The van der Waals surface area contributed by atoms with Crippen molar-refractivity contribution in [3.63, 3.8) is 0 Å². The number of hydrogen-bond acceptors (Lipinski definition) is 1.